The standard InChI is InChI=1S/C22H21BrCl2N2O2/c1-2-28-21-10-16(13-27-12-15-5-4-8-26-11-15)9-18(23)22(21)29-14-17-19(24)6-3-7-20(17)25/h3-11,27H,2,12-14H2,1H3. The predicted molar refractivity (Wildman–Crippen MR) is 121 cm³/mol. The van der Waals surface area contributed by atoms with E-state index >= 15 is 0 Å². The Hall–Kier alpha value is -1.79. The Balaban J connectivity index is 1.72. The number of nitrogens with zero attached hydrogens (tertiary/aromatic N) is 1. The van der Waals surface area contributed by atoms with Crippen LogP contribution >= 0.6 is 39.1 Å². The Labute approximate surface area is 189 Å². The molecule has 0 radical (unpaired) electrons. The van der Waals surface area contributed by atoms with Gasteiger partial charge >= 0.3 is 0 Å². The van der Waals surface area contributed by atoms with Crippen molar-refractivity contribution in [3.8, 4) is 11.5 Å². The van der Waals surface area contributed by atoms with E-state index in [-0.39, 0.29) is 6.61 Å². The number of aromatic nitrogens is 1. The van der Waals surface area contributed by atoms with E-state index in [4.69, 9.17) is 32.7 Å². The van der Waals surface area contributed by atoms with Crippen LogP contribution in [0.3, 0.4) is 0 Å². The maximum atomic E-state index is 6.25. The summed E-state index contributed by atoms with van der Waals surface area (Å²) in [6.45, 7) is 4.14. The molecule has 0 bridgehead atoms. The van der Waals surface area contributed by atoms with Crippen LogP contribution < -0.4 is 14.8 Å². The monoisotopic (exact) mass is 494 g/mol. The number of rotatable bonds is 9. The third kappa shape index (κ3) is 6.09. The van der Waals surface area contributed by atoms with Gasteiger partial charge in [-0.05, 0) is 64.3 Å². The zero-order valence-electron chi connectivity index (χ0n) is 15.9. The van der Waals surface area contributed by atoms with Gasteiger partial charge in [0.2, 0.25) is 0 Å². The first-order valence-corrected chi connectivity index (χ1v) is 10.7. The Morgan fingerprint density at radius 1 is 1.00 bits per heavy atom. The van der Waals surface area contributed by atoms with Crippen LogP contribution in [0.5, 0.6) is 11.5 Å². The minimum absolute atomic E-state index is 0.246. The summed E-state index contributed by atoms with van der Waals surface area (Å²) in [6.07, 6.45) is 3.62. The van der Waals surface area contributed by atoms with Gasteiger partial charge in [0.15, 0.2) is 11.5 Å². The molecule has 0 fully saturated rings. The average Bonchev–Trinajstić information content (AvgIpc) is 2.70. The molecule has 29 heavy (non-hydrogen) atoms. The minimum Gasteiger partial charge on any atom is -0.490 e. The van der Waals surface area contributed by atoms with Crippen LogP contribution in [0.25, 0.3) is 0 Å². The summed E-state index contributed by atoms with van der Waals surface area (Å²) in [5.41, 5.74) is 2.95. The van der Waals surface area contributed by atoms with Gasteiger partial charge in [-0.1, -0.05) is 35.3 Å². The zero-order chi connectivity index (χ0) is 20.6. The van der Waals surface area contributed by atoms with Crippen molar-refractivity contribution in [3.05, 3.63) is 86.1 Å². The Bertz CT molecular complexity index is 935. The lowest BCUT2D eigenvalue weighted by molar-refractivity contribution is 0.267. The van der Waals surface area contributed by atoms with E-state index in [0.29, 0.717) is 34.7 Å². The number of benzene rings is 2. The van der Waals surface area contributed by atoms with Crippen LogP contribution in [-0.4, -0.2) is 11.6 Å². The van der Waals surface area contributed by atoms with Gasteiger partial charge in [0, 0.05) is 41.1 Å². The average molecular weight is 496 g/mol. The molecule has 0 aliphatic rings. The molecule has 0 unspecified atom stereocenters. The molecule has 0 saturated carbocycles. The van der Waals surface area contributed by atoms with Crippen LogP contribution in [0.2, 0.25) is 10.0 Å². The molecular weight excluding hydrogens is 475 g/mol. The van der Waals surface area contributed by atoms with Gasteiger partial charge in [0.25, 0.3) is 0 Å². The fourth-order valence-electron chi connectivity index (χ4n) is 2.79. The zero-order valence-corrected chi connectivity index (χ0v) is 19.0. The molecule has 0 spiro atoms. The van der Waals surface area contributed by atoms with Gasteiger partial charge in [0.05, 0.1) is 11.1 Å². The number of nitrogens with one attached hydrogen (secondary N) is 1. The summed E-state index contributed by atoms with van der Waals surface area (Å²) in [7, 11) is 0. The number of ether oxygens (including phenoxy) is 2. The number of hydrogen-bond acceptors (Lipinski definition) is 4. The molecule has 0 aliphatic carbocycles. The highest BCUT2D eigenvalue weighted by Crippen LogP contribution is 2.38. The fourth-order valence-corrected chi connectivity index (χ4v) is 3.91. The van der Waals surface area contributed by atoms with E-state index in [1.165, 1.54) is 0 Å². The summed E-state index contributed by atoms with van der Waals surface area (Å²) in [4.78, 5) is 4.13. The lowest BCUT2D eigenvalue weighted by Crippen LogP contribution is -2.13. The maximum Gasteiger partial charge on any atom is 0.175 e. The van der Waals surface area contributed by atoms with Crippen LogP contribution in [0.4, 0.5) is 0 Å². The minimum atomic E-state index is 0.246. The van der Waals surface area contributed by atoms with E-state index in [1.807, 2.05) is 43.5 Å². The van der Waals surface area contributed by atoms with Crippen molar-refractivity contribution in [2.45, 2.75) is 26.6 Å². The van der Waals surface area contributed by atoms with Crippen molar-refractivity contribution in [1.82, 2.24) is 10.3 Å². The van der Waals surface area contributed by atoms with Crippen LogP contribution in [0, 0.1) is 0 Å². The quantitative estimate of drug-likeness (QED) is 0.372. The lowest BCUT2D eigenvalue weighted by atomic mass is 10.2. The van der Waals surface area contributed by atoms with Gasteiger partial charge < -0.3 is 14.8 Å². The number of pyridine rings is 1. The van der Waals surface area contributed by atoms with Gasteiger partial charge in [-0.25, -0.2) is 0 Å². The fraction of sp³-hybridized carbons (Fsp3) is 0.227. The van der Waals surface area contributed by atoms with E-state index in [9.17, 15) is 0 Å². The Kier molecular flexibility index (Phi) is 8.19. The Morgan fingerprint density at radius 3 is 2.45 bits per heavy atom. The molecule has 0 amide bonds. The van der Waals surface area contributed by atoms with Crippen molar-refractivity contribution >= 4 is 39.1 Å². The second kappa shape index (κ2) is 10.8. The summed E-state index contributed by atoms with van der Waals surface area (Å²) in [5.74, 6) is 1.29. The van der Waals surface area contributed by atoms with Crippen LogP contribution in [0.1, 0.15) is 23.6 Å². The summed E-state index contributed by atoms with van der Waals surface area (Å²) in [5, 5.41) is 4.56. The van der Waals surface area contributed by atoms with Crippen molar-refractivity contribution < 1.29 is 9.47 Å². The normalized spacial score (nSPS) is 10.8. The van der Waals surface area contributed by atoms with Gasteiger partial charge in [-0.15, -0.1) is 0 Å². The van der Waals surface area contributed by atoms with Crippen molar-refractivity contribution in [3.63, 3.8) is 0 Å². The van der Waals surface area contributed by atoms with E-state index in [1.54, 1.807) is 18.3 Å². The highest BCUT2D eigenvalue weighted by atomic mass is 79.9. The van der Waals surface area contributed by atoms with Crippen molar-refractivity contribution in [1.29, 1.82) is 0 Å². The van der Waals surface area contributed by atoms with Gasteiger partial charge in [0.1, 0.15) is 6.61 Å². The smallest absolute Gasteiger partial charge is 0.175 e. The molecule has 4 nitrogen and oxygen atoms in total. The molecule has 1 heterocycles. The van der Waals surface area contributed by atoms with Crippen LogP contribution in [-0.2, 0) is 19.7 Å². The van der Waals surface area contributed by atoms with Gasteiger partial charge in [-0.3, -0.25) is 4.98 Å². The predicted octanol–water partition coefficient (Wildman–Crippen LogP) is 6.42. The van der Waals surface area contributed by atoms with E-state index in [0.717, 1.165) is 27.7 Å². The first-order valence-electron chi connectivity index (χ1n) is 9.19. The molecule has 3 aromatic rings. The third-order valence-corrected chi connectivity index (χ3v) is 5.47. The summed E-state index contributed by atoms with van der Waals surface area (Å²) < 4.78 is 12.7. The topological polar surface area (TPSA) is 43.4 Å². The molecule has 0 aliphatic heterocycles. The molecule has 0 atom stereocenters. The number of hydrogen-bond donors (Lipinski definition) is 1. The first kappa shape index (κ1) is 21.9. The molecule has 0 saturated heterocycles. The Morgan fingerprint density at radius 2 is 1.76 bits per heavy atom. The first-order chi connectivity index (χ1) is 14.1. The van der Waals surface area contributed by atoms with Gasteiger partial charge in [-0.2, -0.15) is 0 Å². The molecule has 2 aromatic carbocycles. The highest BCUT2D eigenvalue weighted by molar-refractivity contribution is 9.10. The summed E-state index contributed by atoms with van der Waals surface area (Å²) in [6, 6.07) is 13.4. The largest absolute Gasteiger partial charge is 0.490 e. The summed E-state index contributed by atoms with van der Waals surface area (Å²) >= 11 is 16.1. The molecular formula is C22H21BrCl2N2O2. The molecule has 152 valence electrons. The SMILES string of the molecule is CCOc1cc(CNCc2cccnc2)cc(Br)c1OCc1c(Cl)cccc1Cl. The van der Waals surface area contributed by atoms with Crippen molar-refractivity contribution in [2.75, 3.05) is 6.61 Å². The number of halogens is 3. The molecule has 3 rings (SSSR count). The second-order valence-electron chi connectivity index (χ2n) is 6.29. The third-order valence-electron chi connectivity index (χ3n) is 4.17. The second-order valence-corrected chi connectivity index (χ2v) is 7.96. The lowest BCUT2D eigenvalue weighted by Gasteiger charge is -2.17. The van der Waals surface area contributed by atoms with E-state index in [2.05, 4.69) is 26.2 Å². The molecule has 1 aromatic heterocycles. The molecule has 7 heteroatoms. The van der Waals surface area contributed by atoms with Crippen molar-refractivity contribution in [2.24, 2.45) is 0 Å². The molecule has 1 N–H and O–H groups in total. The van der Waals surface area contributed by atoms with Crippen LogP contribution in [0.15, 0.2) is 59.3 Å². The van der Waals surface area contributed by atoms with E-state index < -0.39 is 0 Å². The highest BCUT2D eigenvalue weighted by Gasteiger charge is 2.14. The maximum absolute atomic E-state index is 6.25.